The highest BCUT2D eigenvalue weighted by molar-refractivity contribution is 7.92. The second-order valence-electron chi connectivity index (χ2n) is 8.75. The van der Waals surface area contributed by atoms with Crippen molar-refractivity contribution in [3.8, 4) is 17.0 Å². The molecule has 0 fully saturated rings. The van der Waals surface area contributed by atoms with Gasteiger partial charge in [0.2, 0.25) is 10.0 Å². The molecule has 9 nitrogen and oxygen atoms in total. The van der Waals surface area contributed by atoms with Crippen LogP contribution in [0.25, 0.3) is 11.3 Å². The van der Waals surface area contributed by atoms with Gasteiger partial charge in [0.25, 0.3) is 5.91 Å². The molecule has 4 rings (SSSR count). The van der Waals surface area contributed by atoms with Crippen LogP contribution in [0.2, 0.25) is 0 Å². The highest BCUT2D eigenvalue weighted by Crippen LogP contribution is 2.23. The first-order valence-electron chi connectivity index (χ1n) is 11.8. The average molecular weight is 551 g/mol. The molecule has 0 saturated carbocycles. The van der Waals surface area contributed by atoms with Crippen LogP contribution in [-0.2, 0) is 28.0 Å². The van der Waals surface area contributed by atoms with Gasteiger partial charge in [0.1, 0.15) is 11.6 Å². The number of rotatable bonds is 10. The first-order valence-corrected chi connectivity index (χ1v) is 13.7. The van der Waals surface area contributed by atoms with E-state index in [1.54, 1.807) is 50.4 Å². The van der Waals surface area contributed by atoms with E-state index in [0.717, 1.165) is 11.8 Å². The van der Waals surface area contributed by atoms with Crippen LogP contribution in [0.4, 0.5) is 15.9 Å². The summed E-state index contributed by atoms with van der Waals surface area (Å²) in [5.74, 6) is -0.137. The molecule has 0 aliphatic rings. The lowest BCUT2D eigenvalue weighted by molar-refractivity contribution is 0.102. The van der Waals surface area contributed by atoms with Crippen molar-refractivity contribution in [3.63, 3.8) is 0 Å². The first-order chi connectivity index (χ1) is 18.6. The third-order valence-corrected chi connectivity index (χ3v) is 6.19. The summed E-state index contributed by atoms with van der Waals surface area (Å²) < 4.78 is 51.1. The smallest absolute Gasteiger partial charge is 0.255 e. The second-order valence-corrected chi connectivity index (χ2v) is 10.5. The summed E-state index contributed by atoms with van der Waals surface area (Å²) in [7, 11) is -1.96. The van der Waals surface area contributed by atoms with Gasteiger partial charge in [-0.25, -0.2) is 17.8 Å². The summed E-state index contributed by atoms with van der Waals surface area (Å²) >= 11 is 0. The van der Waals surface area contributed by atoms with E-state index in [4.69, 9.17) is 9.47 Å². The zero-order valence-corrected chi connectivity index (χ0v) is 22.4. The van der Waals surface area contributed by atoms with Gasteiger partial charge in [0.05, 0.1) is 44.2 Å². The van der Waals surface area contributed by atoms with Gasteiger partial charge in [-0.15, -0.1) is 0 Å². The molecule has 202 valence electrons. The minimum atomic E-state index is -3.54. The number of sulfonamides is 1. The van der Waals surface area contributed by atoms with Crippen LogP contribution in [-0.4, -0.2) is 37.7 Å². The second kappa shape index (κ2) is 12.0. The monoisotopic (exact) mass is 550 g/mol. The van der Waals surface area contributed by atoms with Gasteiger partial charge in [-0.3, -0.25) is 14.5 Å². The first kappa shape index (κ1) is 27.7. The number of amides is 1. The standard InChI is InChI=1S/C28H27FN4O5S/c1-18-27(33-39(3,35)36)32-26(15-30-18)20-7-5-8-21(13-20)28(34)31-23-11-10-22(25(29)14-23)17-38-16-19-6-4-9-24(12-19)37-2/h4-15H,16-17H2,1-3H3,(H,31,34)(H,32,33). The number of benzene rings is 3. The Morgan fingerprint density at radius 3 is 2.56 bits per heavy atom. The van der Waals surface area contributed by atoms with Crippen molar-refractivity contribution < 1.29 is 27.1 Å². The van der Waals surface area contributed by atoms with Crippen molar-refractivity contribution in [1.29, 1.82) is 0 Å². The maximum atomic E-state index is 14.7. The molecule has 0 bridgehead atoms. The van der Waals surface area contributed by atoms with E-state index in [0.29, 0.717) is 40.4 Å². The minimum Gasteiger partial charge on any atom is -0.497 e. The molecule has 0 saturated heterocycles. The molecule has 2 N–H and O–H groups in total. The highest BCUT2D eigenvalue weighted by Gasteiger charge is 2.13. The van der Waals surface area contributed by atoms with Crippen LogP contribution in [0, 0.1) is 12.7 Å². The van der Waals surface area contributed by atoms with Crippen molar-refractivity contribution in [2.75, 3.05) is 23.4 Å². The number of carbonyl (C=O) groups excluding carboxylic acids is 1. The molecule has 0 radical (unpaired) electrons. The highest BCUT2D eigenvalue weighted by atomic mass is 32.2. The molecule has 4 aromatic rings. The van der Waals surface area contributed by atoms with E-state index in [2.05, 4.69) is 20.0 Å². The molecule has 0 aliphatic heterocycles. The lowest BCUT2D eigenvalue weighted by Crippen LogP contribution is -2.13. The molecule has 1 aromatic heterocycles. The van der Waals surface area contributed by atoms with Crippen LogP contribution in [0.3, 0.4) is 0 Å². The molecule has 11 heteroatoms. The summed E-state index contributed by atoms with van der Waals surface area (Å²) in [6, 6.07) is 18.4. The van der Waals surface area contributed by atoms with Crippen LogP contribution in [0.5, 0.6) is 5.75 Å². The fourth-order valence-electron chi connectivity index (χ4n) is 3.67. The molecule has 1 heterocycles. The summed E-state index contributed by atoms with van der Waals surface area (Å²) in [4.78, 5) is 21.4. The van der Waals surface area contributed by atoms with Gasteiger partial charge in [-0.2, -0.15) is 0 Å². The number of carbonyl (C=O) groups is 1. The van der Waals surface area contributed by atoms with E-state index in [1.165, 1.54) is 12.3 Å². The SMILES string of the molecule is COc1cccc(COCc2ccc(NC(=O)c3cccc(-c4cnc(C)c(NS(C)(=O)=O)n4)c3)cc2F)c1. The van der Waals surface area contributed by atoms with Gasteiger partial charge in [-0.05, 0) is 48.9 Å². The fraction of sp³-hybridized carbons (Fsp3) is 0.179. The lowest BCUT2D eigenvalue weighted by Gasteiger charge is -2.11. The Labute approximate surface area is 226 Å². The van der Waals surface area contributed by atoms with Crippen molar-refractivity contribution in [3.05, 3.63) is 101 Å². The Balaban J connectivity index is 1.42. The van der Waals surface area contributed by atoms with Gasteiger partial charge in [0.15, 0.2) is 5.82 Å². The number of aromatic nitrogens is 2. The van der Waals surface area contributed by atoms with Crippen molar-refractivity contribution >= 4 is 27.4 Å². The molecule has 39 heavy (non-hydrogen) atoms. The lowest BCUT2D eigenvalue weighted by atomic mass is 10.1. The Morgan fingerprint density at radius 2 is 1.82 bits per heavy atom. The number of hydrogen-bond donors (Lipinski definition) is 2. The number of ether oxygens (including phenoxy) is 2. The number of methoxy groups -OCH3 is 1. The van der Waals surface area contributed by atoms with Crippen LogP contribution < -0.4 is 14.8 Å². The molecular formula is C28H27FN4O5S. The van der Waals surface area contributed by atoms with E-state index in [-0.39, 0.29) is 18.1 Å². The molecular weight excluding hydrogens is 523 g/mol. The largest absolute Gasteiger partial charge is 0.497 e. The quantitative estimate of drug-likeness (QED) is 0.287. The predicted molar refractivity (Wildman–Crippen MR) is 147 cm³/mol. The molecule has 0 atom stereocenters. The maximum Gasteiger partial charge on any atom is 0.255 e. The van der Waals surface area contributed by atoms with Crippen LogP contribution >= 0.6 is 0 Å². The topological polar surface area (TPSA) is 120 Å². The van der Waals surface area contributed by atoms with E-state index < -0.39 is 21.7 Å². The van der Waals surface area contributed by atoms with Gasteiger partial charge in [-0.1, -0.05) is 30.3 Å². The molecule has 0 spiro atoms. The molecule has 1 amide bonds. The predicted octanol–water partition coefficient (Wildman–Crippen LogP) is 4.94. The average Bonchev–Trinajstić information content (AvgIpc) is 2.90. The van der Waals surface area contributed by atoms with Gasteiger partial charge < -0.3 is 14.8 Å². The number of nitrogens with one attached hydrogen (secondary N) is 2. The van der Waals surface area contributed by atoms with Gasteiger partial charge >= 0.3 is 0 Å². The number of halogens is 1. The molecule has 3 aromatic carbocycles. The minimum absolute atomic E-state index is 0.0626. The normalized spacial score (nSPS) is 11.2. The third-order valence-electron chi connectivity index (χ3n) is 5.63. The summed E-state index contributed by atoms with van der Waals surface area (Å²) in [5.41, 5.74) is 3.20. The Hall–Kier alpha value is -4.35. The van der Waals surface area contributed by atoms with Gasteiger partial charge in [0, 0.05) is 22.4 Å². The molecule has 0 aliphatic carbocycles. The van der Waals surface area contributed by atoms with Crippen LogP contribution in [0.15, 0.2) is 72.9 Å². The van der Waals surface area contributed by atoms with E-state index in [1.807, 2.05) is 24.3 Å². The number of aryl methyl sites for hydroxylation is 1. The third kappa shape index (κ3) is 7.59. The maximum absolute atomic E-state index is 14.7. The number of anilines is 2. The Kier molecular flexibility index (Phi) is 8.52. The fourth-order valence-corrected chi connectivity index (χ4v) is 4.21. The number of nitrogens with zero attached hydrogens (tertiary/aromatic N) is 2. The summed E-state index contributed by atoms with van der Waals surface area (Å²) in [6.07, 6.45) is 2.51. The zero-order valence-electron chi connectivity index (χ0n) is 21.6. The number of hydrogen-bond acceptors (Lipinski definition) is 7. The van der Waals surface area contributed by atoms with E-state index >= 15 is 0 Å². The summed E-state index contributed by atoms with van der Waals surface area (Å²) in [5, 5.41) is 2.69. The van der Waals surface area contributed by atoms with Crippen molar-refractivity contribution in [2.45, 2.75) is 20.1 Å². The molecule has 0 unspecified atom stereocenters. The summed E-state index contributed by atoms with van der Waals surface area (Å²) in [6.45, 7) is 1.99. The van der Waals surface area contributed by atoms with E-state index in [9.17, 15) is 17.6 Å². The van der Waals surface area contributed by atoms with Crippen molar-refractivity contribution in [2.24, 2.45) is 0 Å². The van der Waals surface area contributed by atoms with Crippen LogP contribution in [0.1, 0.15) is 27.2 Å². The Bertz CT molecular complexity index is 1610. The van der Waals surface area contributed by atoms with Crippen molar-refractivity contribution in [1.82, 2.24) is 9.97 Å². The Morgan fingerprint density at radius 1 is 1.03 bits per heavy atom. The zero-order chi connectivity index (χ0) is 28.0.